The van der Waals surface area contributed by atoms with Crippen molar-refractivity contribution in [3.8, 4) is 24.7 Å². The molecule has 0 aromatic heterocycles. The smallest absolute Gasteiger partial charge is 0.209 e. The Morgan fingerprint density at radius 1 is 1.47 bits per heavy atom. The van der Waals surface area contributed by atoms with Crippen molar-refractivity contribution in [3.63, 3.8) is 0 Å². The van der Waals surface area contributed by atoms with E-state index in [1.165, 1.54) is 0 Å². The van der Waals surface area contributed by atoms with E-state index in [4.69, 9.17) is 12.8 Å². The van der Waals surface area contributed by atoms with Gasteiger partial charge in [-0.05, 0) is 24.3 Å². The summed E-state index contributed by atoms with van der Waals surface area (Å²) in [6, 6.07) is 0. The van der Waals surface area contributed by atoms with E-state index in [0.717, 1.165) is 17.6 Å². The van der Waals surface area contributed by atoms with E-state index in [2.05, 4.69) is 11.8 Å². The summed E-state index contributed by atoms with van der Waals surface area (Å²) in [5, 5.41) is 9.36. The molecule has 2 heteroatoms. The van der Waals surface area contributed by atoms with Crippen molar-refractivity contribution in [2.45, 2.75) is 25.4 Å². The zero-order valence-corrected chi connectivity index (χ0v) is 8.36. The summed E-state index contributed by atoms with van der Waals surface area (Å²) in [4.78, 5) is 11.0. The third kappa shape index (κ3) is 3.13. The quantitative estimate of drug-likeness (QED) is 0.549. The van der Waals surface area contributed by atoms with Gasteiger partial charge < -0.3 is 5.11 Å². The SMILES string of the molecule is C#CC(=O)CC1=CC=C([C@H](O)C#C)CC1. The van der Waals surface area contributed by atoms with Crippen LogP contribution in [-0.4, -0.2) is 17.0 Å². The van der Waals surface area contributed by atoms with Gasteiger partial charge in [0, 0.05) is 6.42 Å². The molecule has 0 spiro atoms. The van der Waals surface area contributed by atoms with Crippen LogP contribution in [0.15, 0.2) is 23.3 Å². The maximum atomic E-state index is 11.0. The van der Waals surface area contributed by atoms with E-state index in [-0.39, 0.29) is 5.78 Å². The monoisotopic (exact) mass is 200 g/mol. The number of allylic oxidation sites excluding steroid dienone is 3. The molecule has 76 valence electrons. The first kappa shape index (κ1) is 11.3. The van der Waals surface area contributed by atoms with Gasteiger partial charge in [0.1, 0.15) is 6.10 Å². The fourth-order valence-electron chi connectivity index (χ4n) is 1.44. The number of aliphatic hydroxyl groups is 1. The van der Waals surface area contributed by atoms with Crippen LogP contribution in [0.3, 0.4) is 0 Å². The van der Waals surface area contributed by atoms with Crippen molar-refractivity contribution in [3.05, 3.63) is 23.3 Å². The molecule has 2 nitrogen and oxygen atoms in total. The maximum Gasteiger partial charge on any atom is 0.209 e. The highest BCUT2D eigenvalue weighted by atomic mass is 16.3. The van der Waals surface area contributed by atoms with Gasteiger partial charge in [-0.15, -0.1) is 12.8 Å². The van der Waals surface area contributed by atoms with Crippen LogP contribution in [0.25, 0.3) is 0 Å². The van der Waals surface area contributed by atoms with Crippen molar-refractivity contribution < 1.29 is 9.90 Å². The summed E-state index contributed by atoms with van der Waals surface area (Å²) in [7, 11) is 0. The van der Waals surface area contributed by atoms with Crippen molar-refractivity contribution in [1.29, 1.82) is 0 Å². The second-order valence-electron chi connectivity index (χ2n) is 3.38. The molecule has 0 amide bonds. The fraction of sp³-hybridized carbons (Fsp3) is 0.308. The number of rotatable bonds is 3. The normalized spacial score (nSPS) is 16.7. The van der Waals surface area contributed by atoms with E-state index in [0.29, 0.717) is 12.8 Å². The summed E-state index contributed by atoms with van der Waals surface area (Å²) >= 11 is 0. The Labute approximate surface area is 89.7 Å². The molecular weight excluding hydrogens is 188 g/mol. The van der Waals surface area contributed by atoms with Crippen LogP contribution in [0, 0.1) is 24.7 Å². The molecule has 1 aliphatic rings. The first-order valence-electron chi connectivity index (χ1n) is 4.69. The van der Waals surface area contributed by atoms with E-state index < -0.39 is 6.10 Å². The van der Waals surface area contributed by atoms with E-state index >= 15 is 0 Å². The summed E-state index contributed by atoms with van der Waals surface area (Å²) in [5.74, 6) is 4.12. The molecule has 1 N–H and O–H groups in total. The largest absolute Gasteiger partial charge is 0.376 e. The molecule has 0 bridgehead atoms. The fourth-order valence-corrected chi connectivity index (χ4v) is 1.44. The molecule has 1 atom stereocenters. The van der Waals surface area contributed by atoms with Crippen LogP contribution in [0.4, 0.5) is 0 Å². The number of ketones is 1. The minimum atomic E-state index is -0.814. The summed E-state index contributed by atoms with van der Waals surface area (Å²) < 4.78 is 0. The van der Waals surface area contributed by atoms with Crippen LogP contribution >= 0.6 is 0 Å². The van der Waals surface area contributed by atoms with Gasteiger partial charge in [-0.3, -0.25) is 4.79 Å². The third-order valence-electron chi connectivity index (χ3n) is 2.33. The first-order chi connectivity index (χ1) is 7.17. The molecule has 0 fully saturated rings. The van der Waals surface area contributed by atoms with Gasteiger partial charge in [0.2, 0.25) is 5.78 Å². The molecule has 0 saturated carbocycles. The Balaban J connectivity index is 2.66. The van der Waals surface area contributed by atoms with Gasteiger partial charge in [-0.25, -0.2) is 0 Å². The highest BCUT2D eigenvalue weighted by Gasteiger charge is 2.13. The standard InChI is InChI=1S/C13H12O2/c1-3-12(14)9-10-5-7-11(8-6-10)13(15)4-2/h1-2,5,7,13,15H,6,8-9H2/t13-/m1/s1. The highest BCUT2D eigenvalue weighted by molar-refractivity contribution is 5.96. The Morgan fingerprint density at radius 3 is 2.67 bits per heavy atom. The van der Waals surface area contributed by atoms with Crippen LogP contribution < -0.4 is 0 Å². The lowest BCUT2D eigenvalue weighted by atomic mass is 9.92. The highest BCUT2D eigenvalue weighted by Crippen LogP contribution is 2.22. The number of Topliss-reactive ketones (excluding diaryl/α,β-unsaturated/α-hetero) is 1. The van der Waals surface area contributed by atoms with Crippen LogP contribution in [0.5, 0.6) is 0 Å². The zero-order valence-electron chi connectivity index (χ0n) is 8.36. The Morgan fingerprint density at radius 2 is 2.20 bits per heavy atom. The number of aliphatic hydroxyl groups excluding tert-OH is 1. The van der Waals surface area contributed by atoms with Crippen LogP contribution in [0.1, 0.15) is 19.3 Å². The molecular formula is C13H12O2. The van der Waals surface area contributed by atoms with Gasteiger partial charge in [0.25, 0.3) is 0 Å². The molecule has 0 radical (unpaired) electrons. The maximum absolute atomic E-state index is 11.0. The minimum Gasteiger partial charge on any atom is -0.376 e. The molecule has 1 aliphatic carbocycles. The molecule has 1 rings (SSSR count). The zero-order chi connectivity index (χ0) is 11.3. The molecule has 15 heavy (non-hydrogen) atoms. The summed E-state index contributed by atoms with van der Waals surface area (Å²) in [6.07, 6.45) is 14.6. The Kier molecular flexibility index (Phi) is 3.92. The van der Waals surface area contributed by atoms with Crippen molar-refractivity contribution in [1.82, 2.24) is 0 Å². The minimum absolute atomic E-state index is 0.212. The van der Waals surface area contributed by atoms with Crippen molar-refractivity contribution >= 4 is 5.78 Å². The van der Waals surface area contributed by atoms with Gasteiger partial charge in [0.15, 0.2) is 0 Å². The lowest BCUT2D eigenvalue weighted by Gasteiger charge is -2.15. The van der Waals surface area contributed by atoms with Crippen molar-refractivity contribution in [2.24, 2.45) is 0 Å². The van der Waals surface area contributed by atoms with Gasteiger partial charge in [0.05, 0.1) is 0 Å². The molecule has 0 heterocycles. The second kappa shape index (κ2) is 5.20. The molecule has 0 unspecified atom stereocenters. The predicted molar refractivity (Wildman–Crippen MR) is 58.7 cm³/mol. The number of terminal acetylenes is 2. The Bertz CT molecular complexity index is 399. The molecule has 0 aliphatic heterocycles. The number of carbonyl (C=O) groups excluding carboxylic acids is 1. The molecule has 0 aromatic carbocycles. The van der Waals surface area contributed by atoms with Gasteiger partial charge in [-0.1, -0.05) is 23.6 Å². The summed E-state index contributed by atoms with van der Waals surface area (Å²) in [5.41, 5.74) is 1.81. The average Bonchev–Trinajstić information content (AvgIpc) is 2.29. The lowest BCUT2D eigenvalue weighted by molar-refractivity contribution is -0.113. The number of carbonyl (C=O) groups is 1. The first-order valence-corrected chi connectivity index (χ1v) is 4.69. The van der Waals surface area contributed by atoms with E-state index in [1.54, 1.807) is 6.08 Å². The van der Waals surface area contributed by atoms with Crippen LogP contribution in [0.2, 0.25) is 0 Å². The topological polar surface area (TPSA) is 37.3 Å². The van der Waals surface area contributed by atoms with Crippen LogP contribution in [-0.2, 0) is 4.79 Å². The van der Waals surface area contributed by atoms with E-state index in [9.17, 15) is 9.90 Å². The van der Waals surface area contributed by atoms with E-state index in [1.807, 2.05) is 6.08 Å². The van der Waals surface area contributed by atoms with Gasteiger partial charge >= 0.3 is 0 Å². The van der Waals surface area contributed by atoms with Crippen molar-refractivity contribution in [2.75, 3.05) is 0 Å². The molecule has 0 aromatic rings. The average molecular weight is 200 g/mol. The Hall–Kier alpha value is -1.77. The lowest BCUT2D eigenvalue weighted by Crippen LogP contribution is -2.10. The number of hydrogen-bond acceptors (Lipinski definition) is 2. The predicted octanol–water partition coefficient (Wildman–Crippen LogP) is 1.22. The summed E-state index contributed by atoms with van der Waals surface area (Å²) in [6.45, 7) is 0. The third-order valence-corrected chi connectivity index (χ3v) is 2.33. The molecule has 0 saturated heterocycles. The van der Waals surface area contributed by atoms with Gasteiger partial charge in [-0.2, -0.15) is 0 Å². The second-order valence-corrected chi connectivity index (χ2v) is 3.38. The number of hydrogen-bond donors (Lipinski definition) is 1.